The van der Waals surface area contributed by atoms with Crippen LogP contribution in [0.2, 0.25) is 0 Å². The van der Waals surface area contributed by atoms with Crippen LogP contribution in [0.15, 0.2) is 91.0 Å². The summed E-state index contributed by atoms with van der Waals surface area (Å²) in [6, 6.07) is 26.6. The molecule has 0 heterocycles. The maximum Gasteiger partial charge on any atom is 0.269 e. The van der Waals surface area contributed by atoms with Gasteiger partial charge in [0, 0.05) is 12.1 Å². The molecule has 3 aromatic carbocycles. The highest BCUT2D eigenvalue weighted by molar-refractivity contribution is 5.80. The molecular weight excluding hydrogens is 338 g/mol. The van der Waals surface area contributed by atoms with Gasteiger partial charge >= 0.3 is 0 Å². The second kappa shape index (κ2) is 8.92. The number of hydrogen-bond donors (Lipinski definition) is 0. The molecule has 3 rings (SSSR count). The Kier molecular flexibility index (Phi) is 6.13. The van der Waals surface area contributed by atoms with Crippen LogP contribution < -0.4 is 0 Å². The number of hydrogen-bond acceptors (Lipinski definition) is 3. The van der Waals surface area contributed by atoms with Crippen molar-refractivity contribution in [2.45, 2.75) is 13.0 Å². The fraction of sp³-hybridized carbons (Fsp3) is 0.130. The lowest BCUT2D eigenvalue weighted by atomic mass is 9.97. The van der Waals surface area contributed by atoms with Crippen LogP contribution >= 0.6 is 0 Å². The summed E-state index contributed by atoms with van der Waals surface area (Å²) in [5, 5.41) is 10.9. The standard InChI is InChI=1S/C23H21NO3/c1-18(19-8-4-2-5-9-19)27-17-16-23(20-10-6-3-7-11-20)21-12-14-22(15-13-21)24(25)26/h2-16,18H,17H2,1H3/b23-16-/t18-/m1/s1. The molecule has 0 amide bonds. The Morgan fingerprint density at radius 1 is 0.926 bits per heavy atom. The number of nitrogens with zero attached hydrogens (tertiary/aromatic N) is 1. The van der Waals surface area contributed by atoms with E-state index >= 15 is 0 Å². The van der Waals surface area contributed by atoms with Gasteiger partial charge in [-0.2, -0.15) is 0 Å². The summed E-state index contributed by atoms with van der Waals surface area (Å²) in [6.45, 7) is 2.47. The Bertz CT molecular complexity index is 903. The first-order valence-corrected chi connectivity index (χ1v) is 8.82. The van der Waals surface area contributed by atoms with Gasteiger partial charge in [-0.05, 0) is 41.3 Å². The van der Waals surface area contributed by atoms with Crippen LogP contribution in [0.25, 0.3) is 5.57 Å². The summed E-state index contributed by atoms with van der Waals surface area (Å²) >= 11 is 0. The van der Waals surface area contributed by atoms with Gasteiger partial charge in [0.15, 0.2) is 0 Å². The second-order valence-corrected chi connectivity index (χ2v) is 6.17. The topological polar surface area (TPSA) is 52.4 Å². The first kappa shape index (κ1) is 18.5. The van der Waals surface area contributed by atoms with Crippen LogP contribution in [0.1, 0.15) is 29.7 Å². The van der Waals surface area contributed by atoms with Crippen molar-refractivity contribution >= 4 is 11.3 Å². The molecule has 4 nitrogen and oxygen atoms in total. The number of benzene rings is 3. The van der Waals surface area contributed by atoms with E-state index in [4.69, 9.17) is 4.74 Å². The van der Waals surface area contributed by atoms with E-state index in [0.29, 0.717) is 6.61 Å². The van der Waals surface area contributed by atoms with Crippen molar-refractivity contribution in [1.82, 2.24) is 0 Å². The van der Waals surface area contributed by atoms with E-state index in [-0.39, 0.29) is 16.7 Å². The largest absolute Gasteiger partial charge is 0.370 e. The van der Waals surface area contributed by atoms with Crippen molar-refractivity contribution < 1.29 is 9.66 Å². The fourth-order valence-corrected chi connectivity index (χ4v) is 2.88. The van der Waals surface area contributed by atoms with Gasteiger partial charge in [-0.3, -0.25) is 10.1 Å². The summed E-state index contributed by atoms with van der Waals surface area (Å²) in [6.07, 6.45) is 2.01. The Morgan fingerprint density at radius 3 is 2.07 bits per heavy atom. The average Bonchev–Trinajstić information content (AvgIpc) is 2.72. The van der Waals surface area contributed by atoms with Gasteiger partial charge in [0.1, 0.15) is 0 Å². The Morgan fingerprint density at radius 2 is 1.48 bits per heavy atom. The summed E-state index contributed by atoms with van der Waals surface area (Å²) in [4.78, 5) is 10.5. The number of nitro groups is 1. The quantitative estimate of drug-likeness (QED) is 0.395. The van der Waals surface area contributed by atoms with Crippen LogP contribution in [0.3, 0.4) is 0 Å². The predicted octanol–water partition coefficient (Wildman–Crippen LogP) is 5.80. The van der Waals surface area contributed by atoms with E-state index in [2.05, 4.69) is 0 Å². The lowest BCUT2D eigenvalue weighted by molar-refractivity contribution is -0.384. The first-order valence-electron chi connectivity index (χ1n) is 8.82. The van der Waals surface area contributed by atoms with Crippen LogP contribution in [0, 0.1) is 10.1 Å². The smallest absolute Gasteiger partial charge is 0.269 e. The van der Waals surface area contributed by atoms with E-state index in [1.807, 2.05) is 73.7 Å². The molecule has 0 fully saturated rings. The van der Waals surface area contributed by atoms with E-state index < -0.39 is 0 Å². The zero-order chi connectivity index (χ0) is 19.1. The third-order valence-corrected chi connectivity index (χ3v) is 4.38. The first-order chi connectivity index (χ1) is 13.1. The van der Waals surface area contributed by atoms with E-state index in [1.165, 1.54) is 12.1 Å². The monoisotopic (exact) mass is 359 g/mol. The van der Waals surface area contributed by atoms with Crippen molar-refractivity contribution in [1.29, 1.82) is 0 Å². The van der Waals surface area contributed by atoms with Gasteiger partial charge in [0.05, 0.1) is 17.6 Å². The highest BCUT2D eigenvalue weighted by Gasteiger charge is 2.09. The molecular formula is C23H21NO3. The van der Waals surface area contributed by atoms with Crippen molar-refractivity contribution in [2.75, 3.05) is 6.61 Å². The van der Waals surface area contributed by atoms with E-state index in [0.717, 1.165) is 22.3 Å². The lowest BCUT2D eigenvalue weighted by Crippen LogP contribution is -2.01. The average molecular weight is 359 g/mol. The Balaban J connectivity index is 1.82. The van der Waals surface area contributed by atoms with Gasteiger partial charge in [-0.25, -0.2) is 0 Å². The Labute approximate surface area is 158 Å². The minimum absolute atomic E-state index is 0.0173. The van der Waals surface area contributed by atoms with Gasteiger partial charge < -0.3 is 4.74 Å². The maximum atomic E-state index is 10.9. The highest BCUT2D eigenvalue weighted by Crippen LogP contribution is 2.26. The zero-order valence-electron chi connectivity index (χ0n) is 15.1. The van der Waals surface area contributed by atoms with Gasteiger partial charge in [-0.15, -0.1) is 0 Å². The molecule has 0 saturated carbocycles. The van der Waals surface area contributed by atoms with Crippen molar-refractivity contribution in [2.24, 2.45) is 0 Å². The maximum absolute atomic E-state index is 10.9. The van der Waals surface area contributed by atoms with Crippen LogP contribution in [0.5, 0.6) is 0 Å². The molecule has 0 aliphatic carbocycles. The number of ether oxygens (including phenoxy) is 1. The third-order valence-electron chi connectivity index (χ3n) is 4.38. The van der Waals surface area contributed by atoms with Crippen LogP contribution in [-0.2, 0) is 4.74 Å². The van der Waals surface area contributed by atoms with Crippen molar-refractivity contribution in [3.05, 3.63) is 118 Å². The molecule has 0 aromatic heterocycles. The second-order valence-electron chi connectivity index (χ2n) is 6.17. The molecule has 4 heteroatoms. The number of nitro benzene ring substituents is 1. The minimum atomic E-state index is -0.389. The molecule has 0 radical (unpaired) electrons. The van der Waals surface area contributed by atoms with Crippen molar-refractivity contribution in [3.63, 3.8) is 0 Å². The molecule has 136 valence electrons. The predicted molar refractivity (Wildman–Crippen MR) is 107 cm³/mol. The molecule has 27 heavy (non-hydrogen) atoms. The third kappa shape index (κ3) is 4.90. The molecule has 1 atom stereocenters. The summed E-state index contributed by atoms with van der Waals surface area (Å²) in [5.74, 6) is 0. The van der Waals surface area contributed by atoms with Gasteiger partial charge in [-0.1, -0.05) is 66.7 Å². The number of non-ortho nitro benzene ring substituents is 1. The SMILES string of the molecule is C[C@@H](OC/C=C(/c1ccccc1)c1ccc([N+](=O)[O-])cc1)c1ccccc1. The summed E-state index contributed by atoms with van der Waals surface area (Å²) in [5.41, 5.74) is 4.17. The normalized spacial score (nSPS) is 12.6. The molecule has 3 aromatic rings. The van der Waals surface area contributed by atoms with Crippen LogP contribution in [0.4, 0.5) is 5.69 Å². The van der Waals surface area contributed by atoms with Crippen molar-refractivity contribution in [3.8, 4) is 0 Å². The van der Waals surface area contributed by atoms with Gasteiger partial charge in [0.2, 0.25) is 0 Å². The fourth-order valence-electron chi connectivity index (χ4n) is 2.88. The zero-order valence-corrected chi connectivity index (χ0v) is 15.1. The minimum Gasteiger partial charge on any atom is -0.370 e. The molecule has 0 unspecified atom stereocenters. The highest BCUT2D eigenvalue weighted by atomic mass is 16.6. The molecule has 0 saturated heterocycles. The molecule has 0 bridgehead atoms. The van der Waals surface area contributed by atoms with Crippen LogP contribution in [-0.4, -0.2) is 11.5 Å². The summed E-state index contributed by atoms with van der Waals surface area (Å²) in [7, 11) is 0. The molecule has 0 aliphatic rings. The van der Waals surface area contributed by atoms with E-state index in [9.17, 15) is 10.1 Å². The number of rotatable bonds is 7. The molecule has 0 N–H and O–H groups in total. The summed E-state index contributed by atoms with van der Waals surface area (Å²) < 4.78 is 5.98. The molecule has 0 aliphatic heterocycles. The lowest BCUT2D eigenvalue weighted by Gasteiger charge is -2.13. The van der Waals surface area contributed by atoms with E-state index in [1.54, 1.807) is 12.1 Å². The van der Waals surface area contributed by atoms with Gasteiger partial charge in [0.25, 0.3) is 5.69 Å². The molecule has 0 spiro atoms. The Hall–Kier alpha value is -3.24.